The van der Waals surface area contributed by atoms with Crippen LogP contribution in [-0.4, -0.2) is 47.8 Å². The maximum Gasteiger partial charge on any atom is 0.334 e. The first-order chi connectivity index (χ1) is 15.1. The van der Waals surface area contributed by atoms with Crippen molar-refractivity contribution >= 4 is 5.97 Å². The molecular formula is C23H22O8. The van der Waals surface area contributed by atoms with Gasteiger partial charge >= 0.3 is 5.97 Å². The fourth-order valence-corrected chi connectivity index (χ4v) is 4.63. The van der Waals surface area contributed by atoms with Crippen molar-refractivity contribution in [3.8, 4) is 34.5 Å². The number of benzene rings is 2. The second-order valence-electron chi connectivity index (χ2n) is 7.36. The maximum absolute atomic E-state index is 12.5. The zero-order valence-electron chi connectivity index (χ0n) is 17.7. The van der Waals surface area contributed by atoms with E-state index >= 15 is 0 Å². The van der Waals surface area contributed by atoms with Crippen molar-refractivity contribution in [2.24, 2.45) is 0 Å². The van der Waals surface area contributed by atoms with Gasteiger partial charge in [0.25, 0.3) is 0 Å². The van der Waals surface area contributed by atoms with Gasteiger partial charge in [-0.2, -0.15) is 0 Å². The Bertz CT molecular complexity index is 1090. The maximum atomic E-state index is 12.5. The molecule has 31 heavy (non-hydrogen) atoms. The van der Waals surface area contributed by atoms with Crippen molar-refractivity contribution in [1.82, 2.24) is 0 Å². The number of methoxy groups -OCH3 is 4. The average Bonchev–Trinajstić information content (AvgIpc) is 3.41. The number of fused-ring (bicyclic) bond motifs is 2. The van der Waals surface area contributed by atoms with E-state index in [-0.39, 0.29) is 25.3 Å². The minimum Gasteiger partial charge on any atom is -0.493 e. The van der Waals surface area contributed by atoms with Crippen LogP contribution in [0.15, 0.2) is 29.3 Å². The predicted octanol–water partition coefficient (Wildman–Crippen LogP) is 2.99. The standard InChI is InChI=1S/C23H22O8/c1-25-16-5-11(6-17(26-2)21(16)28-4)19-12-8-18-22(31-10-30-18)20(27-3)13(12)7-14-15(19)9-29-23(14)24/h5-6,8,19H,7,9-10H2,1-4H3/t19-/m0/s1. The van der Waals surface area contributed by atoms with E-state index in [0.717, 1.165) is 22.3 Å². The van der Waals surface area contributed by atoms with Crippen molar-refractivity contribution in [3.05, 3.63) is 46.0 Å². The lowest BCUT2D eigenvalue weighted by atomic mass is 9.75. The van der Waals surface area contributed by atoms with Crippen LogP contribution < -0.4 is 28.4 Å². The van der Waals surface area contributed by atoms with E-state index in [1.165, 1.54) is 0 Å². The van der Waals surface area contributed by atoms with Crippen LogP contribution >= 0.6 is 0 Å². The summed E-state index contributed by atoms with van der Waals surface area (Å²) in [6.45, 7) is 0.351. The third kappa shape index (κ3) is 2.78. The minimum absolute atomic E-state index is 0.124. The average molecular weight is 426 g/mol. The molecule has 8 heteroatoms. The van der Waals surface area contributed by atoms with E-state index in [0.29, 0.717) is 46.5 Å². The molecule has 2 heterocycles. The lowest BCUT2D eigenvalue weighted by molar-refractivity contribution is -0.136. The highest BCUT2D eigenvalue weighted by Gasteiger charge is 2.41. The summed E-state index contributed by atoms with van der Waals surface area (Å²) in [5.41, 5.74) is 4.27. The molecule has 1 atom stereocenters. The first kappa shape index (κ1) is 19.4. The van der Waals surface area contributed by atoms with Gasteiger partial charge in [0.2, 0.25) is 18.3 Å². The quantitative estimate of drug-likeness (QED) is 0.675. The summed E-state index contributed by atoms with van der Waals surface area (Å²) < 4.78 is 39.0. The molecule has 0 aromatic heterocycles. The predicted molar refractivity (Wildman–Crippen MR) is 109 cm³/mol. The van der Waals surface area contributed by atoms with Crippen molar-refractivity contribution in [3.63, 3.8) is 0 Å². The molecular weight excluding hydrogens is 404 g/mol. The first-order valence-electron chi connectivity index (χ1n) is 9.79. The molecule has 0 saturated carbocycles. The number of rotatable bonds is 5. The third-order valence-corrected chi connectivity index (χ3v) is 5.99. The Kier molecular flexibility index (Phi) is 4.57. The highest BCUT2D eigenvalue weighted by molar-refractivity contribution is 5.94. The van der Waals surface area contributed by atoms with Crippen LogP contribution in [-0.2, 0) is 16.0 Å². The summed E-state index contributed by atoms with van der Waals surface area (Å²) in [7, 11) is 6.29. The molecule has 162 valence electrons. The van der Waals surface area contributed by atoms with Gasteiger partial charge in [-0.25, -0.2) is 4.79 Å². The first-order valence-corrected chi connectivity index (χ1v) is 9.79. The third-order valence-electron chi connectivity index (χ3n) is 5.99. The Hall–Kier alpha value is -3.55. The number of esters is 1. The molecule has 2 aromatic carbocycles. The lowest BCUT2D eigenvalue weighted by Crippen LogP contribution is -2.18. The Balaban J connectivity index is 1.78. The molecule has 0 spiro atoms. The largest absolute Gasteiger partial charge is 0.493 e. The number of ether oxygens (including phenoxy) is 7. The number of carbonyl (C=O) groups excluding carboxylic acids is 1. The van der Waals surface area contributed by atoms with Gasteiger partial charge in [-0.05, 0) is 34.9 Å². The van der Waals surface area contributed by atoms with Crippen LogP contribution in [0.1, 0.15) is 22.6 Å². The monoisotopic (exact) mass is 426 g/mol. The summed E-state index contributed by atoms with van der Waals surface area (Å²) in [5, 5.41) is 0. The van der Waals surface area contributed by atoms with Gasteiger partial charge in [-0.15, -0.1) is 0 Å². The lowest BCUT2D eigenvalue weighted by Gasteiger charge is -2.29. The number of carbonyl (C=O) groups is 1. The molecule has 0 N–H and O–H groups in total. The van der Waals surface area contributed by atoms with Crippen LogP contribution in [0.2, 0.25) is 0 Å². The number of hydrogen-bond acceptors (Lipinski definition) is 8. The fraction of sp³-hybridized carbons (Fsp3) is 0.348. The van der Waals surface area contributed by atoms with Gasteiger partial charge in [0.1, 0.15) is 6.61 Å². The molecule has 2 aromatic rings. The molecule has 2 aliphatic heterocycles. The van der Waals surface area contributed by atoms with Gasteiger partial charge in [-0.1, -0.05) is 0 Å². The normalized spacial score (nSPS) is 18.3. The van der Waals surface area contributed by atoms with Gasteiger partial charge < -0.3 is 33.2 Å². The number of hydrogen-bond donors (Lipinski definition) is 0. The Morgan fingerprint density at radius 1 is 0.871 bits per heavy atom. The highest BCUT2D eigenvalue weighted by Crippen LogP contribution is 2.54. The summed E-state index contributed by atoms with van der Waals surface area (Å²) >= 11 is 0. The molecule has 0 amide bonds. The van der Waals surface area contributed by atoms with Crippen molar-refractivity contribution in [2.75, 3.05) is 41.8 Å². The molecule has 0 saturated heterocycles. The molecule has 0 fully saturated rings. The van der Waals surface area contributed by atoms with Crippen molar-refractivity contribution in [2.45, 2.75) is 12.3 Å². The Labute approximate surface area is 179 Å². The van der Waals surface area contributed by atoms with E-state index in [9.17, 15) is 4.79 Å². The smallest absolute Gasteiger partial charge is 0.334 e. The molecule has 8 nitrogen and oxygen atoms in total. The summed E-state index contributed by atoms with van der Waals surface area (Å²) in [6.07, 6.45) is 0.407. The zero-order valence-corrected chi connectivity index (χ0v) is 17.7. The summed E-state index contributed by atoms with van der Waals surface area (Å²) in [5.74, 6) is 2.73. The molecule has 0 unspecified atom stereocenters. The number of cyclic esters (lactones) is 1. The Morgan fingerprint density at radius 3 is 2.23 bits per heavy atom. The van der Waals surface area contributed by atoms with E-state index in [1.807, 2.05) is 18.2 Å². The SMILES string of the molecule is COc1cc([C@@H]2C3=C(Cc4c2cc2c(c4OC)OCO2)C(=O)OC3)cc(OC)c1OC. The molecule has 3 aliphatic rings. The van der Waals surface area contributed by atoms with E-state index < -0.39 is 0 Å². The topological polar surface area (TPSA) is 81.7 Å². The molecule has 5 rings (SSSR count). The second-order valence-corrected chi connectivity index (χ2v) is 7.36. The van der Waals surface area contributed by atoms with Crippen LogP contribution in [0.3, 0.4) is 0 Å². The van der Waals surface area contributed by atoms with E-state index in [2.05, 4.69) is 0 Å². The Morgan fingerprint density at radius 2 is 1.58 bits per heavy atom. The summed E-state index contributed by atoms with van der Waals surface area (Å²) in [6, 6.07) is 5.75. The summed E-state index contributed by atoms with van der Waals surface area (Å²) in [4.78, 5) is 12.5. The van der Waals surface area contributed by atoms with Gasteiger partial charge in [0.05, 0.1) is 28.4 Å². The molecule has 1 aliphatic carbocycles. The fourth-order valence-electron chi connectivity index (χ4n) is 4.63. The van der Waals surface area contributed by atoms with Gasteiger partial charge in [0, 0.05) is 23.5 Å². The van der Waals surface area contributed by atoms with Crippen LogP contribution in [0.4, 0.5) is 0 Å². The highest BCUT2D eigenvalue weighted by atomic mass is 16.7. The van der Waals surface area contributed by atoms with Gasteiger partial charge in [-0.3, -0.25) is 0 Å². The van der Waals surface area contributed by atoms with E-state index in [4.69, 9.17) is 33.2 Å². The van der Waals surface area contributed by atoms with Gasteiger partial charge in [0.15, 0.2) is 23.0 Å². The minimum atomic E-state index is -0.308. The van der Waals surface area contributed by atoms with E-state index in [1.54, 1.807) is 28.4 Å². The zero-order chi connectivity index (χ0) is 21.7. The van der Waals surface area contributed by atoms with Crippen LogP contribution in [0.5, 0.6) is 34.5 Å². The van der Waals surface area contributed by atoms with Crippen molar-refractivity contribution in [1.29, 1.82) is 0 Å². The molecule has 0 bridgehead atoms. The second kappa shape index (κ2) is 7.30. The van der Waals surface area contributed by atoms with Crippen LogP contribution in [0.25, 0.3) is 0 Å². The van der Waals surface area contributed by atoms with Crippen molar-refractivity contribution < 1.29 is 38.0 Å². The molecule has 0 radical (unpaired) electrons. The van der Waals surface area contributed by atoms with Crippen LogP contribution in [0, 0.1) is 0 Å².